The Morgan fingerprint density at radius 3 is 1.56 bits per heavy atom. The fourth-order valence-electron chi connectivity index (χ4n) is 6.10. The van der Waals surface area contributed by atoms with Crippen LogP contribution in [0.25, 0.3) is 0 Å². The molecule has 5 rings (SSSR count). The second-order valence-corrected chi connectivity index (χ2v) is 9.50. The maximum atomic E-state index is 11.0. The lowest BCUT2D eigenvalue weighted by molar-refractivity contribution is 0.0453. The van der Waals surface area contributed by atoms with E-state index in [1.165, 1.54) is 0 Å². The summed E-state index contributed by atoms with van der Waals surface area (Å²) >= 11 is 0. The maximum Gasteiger partial charge on any atom is 0.511 e. The minimum atomic E-state index is -1.35. The third-order valence-electron chi connectivity index (χ3n) is 7.51. The van der Waals surface area contributed by atoms with Crippen LogP contribution < -0.4 is 9.47 Å². The van der Waals surface area contributed by atoms with Gasteiger partial charge >= 0.3 is 12.3 Å². The average molecular weight is 469 g/mol. The SMILES string of the molecule is O=C(O)Oc1ccc(C2(c3ccc(OC(=O)O)cc3)CCCCC2(CC2CO2)CC2CO2)cc1. The summed E-state index contributed by atoms with van der Waals surface area (Å²) in [6.45, 7) is 1.53. The lowest BCUT2D eigenvalue weighted by atomic mass is 9.48. The molecular weight excluding hydrogens is 440 g/mol. The Bertz CT molecular complexity index is 964. The normalized spacial score (nSPS) is 26.9. The Balaban J connectivity index is 1.63. The summed E-state index contributed by atoms with van der Waals surface area (Å²) in [5.74, 6) is 0.545. The standard InChI is InChI=1S/C26H28O8/c27-23(28)33-19-7-3-17(4-8-19)26(18-5-9-20(10-6-18)34-24(29)30)12-2-1-11-25(26,13-21-15-31-21)14-22-16-32-22/h3-10,21-22H,1-2,11-16H2,(H,27,28)(H,29,30). The van der Waals surface area contributed by atoms with Crippen LogP contribution in [0.4, 0.5) is 9.59 Å². The van der Waals surface area contributed by atoms with Crippen LogP contribution in [0.1, 0.15) is 49.7 Å². The number of carboxylic acid groups (broad SMARTS) is 2. The summed E-state index contributed by atoms with van der Waals surface area (Å²) in [6.07, 6.45) is 3.65. The molecule has 3 aliphatic rings. The van der Waals surface area contributed by atoms with Gasteiger partial charge in [-0.25, -0.2) is 9.59 Å². The molecule has 8 nitrogen and oxygen atoms in total. The molecule has 2 aliphatic heterocycles. The molecule has 8 heteroatoms. The Morgan fingerprint density at radius 2 is 1.18 bits per heavy atom. The third kappa shape index (κ3) is 4.48. The highest BCUT2D eigenvalue weighted by atomic mass is 16.7. The first-order valence-corrected chi connectivity index (χ1v) is 11.7. The average Bonchev–Trinajstić information content (AvgIpc) is 3.73. The topological polar surface area (TPSA) is 118 Å². The zero-order valence-corrected chi connectivity index (χ0v) is 18.8. The summed E-state index contributed by atoms with van der Waals surface area (Å²) in [7, 11) is 0. The van der Waals surface area contributed by atoms with Gasteiger partial charge in [-0.3, -0.25) is 0 Å². The van der Waals surface area contributed by atoms with Crippen LogP contribution in [0.5, 0.6) is 11.5 Å². The first-order valence-electron chi connectivity index (χ1n) is 11.7. The lowest BCUT2D eigenvalue weighted by Gasteiger charge is -2.55. The molecule has 1 saturated carbocycles. The Labute approximate surface area is 197 Å². The van der Waals surface area contributed by atoms with Gasteiger partial charge in [0, 0.05) is 5.41 Å². The van der Waals surface area contributed by atoms with Crippen molar-refractivity contribution in [1.82, 2.24) is 0 Å². The van der Waals surface area contributed by atoms with Gasteiger partial charge < -0.3 is 29.2 Å². The first-order chi connectivity index (χ1) is 16.4. The fraction of sp³-hybridized carbons (Fsp3) is 0.462. The molecule has 0 bridgehead atoms. The maximum absolute atomic E-state index is 11.0. The van der Waals surface area contributed by atoms with E-state index in [1.807, 2.05) is 24.3 Å². The van der Waals surface area contributed by atoms with Crippen molar-refractivity contribution in [3.05, 3.63) is 59.7 Å². The highest BCUT2D eigenvalue weighted by Crippen LogP contribution is 2.62. The van der Waals surface area contributed by atoms with E-state index in [2.05, 4.69) is 0 Å². The van der Waals surface area contributed by atoms with E-state index in [0.29, 0.717) is 0 Å². The zero-order valence-electron chi connectivity index (χ0n) is 18.8. The van der Waals surface area contributed by atoms with Crippen LogP contribution in [0.3, 0.4) is 0 Å². The summed E-state index contributed by atoms with van der Waals surface area (Å²) in [6, 6.07) is 14.6. The van der Waals surface area contributed by atoms with Crippen LogP contribution in [-0.4, -0.2) is 47.9 Å². The van der Waals surface area contributed by atoms with Crippen LogP contribution in [0.15, 0.2) is 48.5 Å². The molecule has 3 fully saturated rings. The van der Waals surface area contributed by atoms with Crippen molar-refractivity contribution < 1.29 is 38.7 Å². The zero-order chi connectivity index (χ0) is 23.8. The molecule has 1 aliphatic carbocycles. The van der Waals surface area contributed by atoms with Crippen molar-refractivity contribution in [3.8, 4) is 11.5 Å². The molecule has 34 heavy (non-hydrogen) atoms. The highest BCUT2D eigenvalue weighted by molar-refractivity contribution is 5.62. The monoisotopic (exact) mass is 468 g/mol. The molecule has 0 aromatic heterocycles. The number of carbonyl (C=O) groups is 2. The molecule has 0 spiro atoms. The van der Waals surface area contributed by atoms with Crippen LogP contribution in [0, 0.1) is 5.41 Å². The predicted molar refractivity (Wildman–Crippen MR) is 121 cm³/mol. The Hall–Kier alpha value is -3.10. The lowest BCUT2D eigenvalue weighted by Crippen LogP contribution is -2.50. The first kappa shape index (κ1) is 22.7. The molecule has 2 aromatic rings. The molecule has 0 amide bonds. The van der Waals surface area contributed by atoms with Gasteiger partial charge in [0.1, 0.15) is 11.5 Å². The quantitative estimate of drug-likeness (QED) is 0.307. The smallest absolute Gasteiger partial charge is 0.449 e. The van der Waals surface area contributed by atoms with E-state index < -0.39 is 12.3 Å². The van der Waals surface area contributed by atoms with Gasteiger partial charge in [0.25, 0.3) is 0 Å². The fourth-order valence-corrected chi connectivity index (χ4v) is 6.10. The summed E-state index contributed by atoms with van der Waals surface area (Å²) in [4.78, 5) is 22.0. The number of hydrogen-bond donors (Lipinski definition) is 2. The van der Waals surface area contributed by atoms with Crippen LogP contribution in [0.2, 0.25) is 0 Å². The Kier molecular flexibility index (Phi) is 5.95. The van der Waals surface area contributed by atoms with Gasteiger partial charge in [0.2, 0.25) is 0 Å². The molecule has 2 N–H and O–H groups in total. The summed E-state index contributed by atoms with van der Waals surface area (Å²) in [5.41, 5.74) is 1.65. The Morgan fingerprint density at radius 1 is 0.765 bits per heavy atom. The number of hydrogen-bond acceptors (Lipinski definition) is 6. The van der Waals surface area contributed by atoms with Gasteiger partial charge in [-0.15, -0.1) is 0 Å². The molecule has 2 heterocycles. The molecule has 180 valence electrons. The van der Waals surface area contributed by atoms with Crippen molar-refractivity contribution >= 4 is 12.3 Å². The van der Waals surface area contributed by atoms with E-state index in [0.717, 1.165) is 62.9 Å². The predicted octanol–water partition coefficient (Wildman–Crippen LogP) is 5.22. The highest BCUT2D eigenvalue weighted by Gasteiger charge is 2.58. The molecule has 2 aromatic carbocycles. The van der Waals surface area contributed by atoms with Crippen molar-refractivity contribution in [2.45, 2.75) is 56.1 Å². The molecule has 0 radical (unpaired) electrons. The number of benzene rings is 2. The molecule has 2 unspecified atom stereocenters. The van der Waals surface area contributed by atoms with Crippen molar-refractivity contribution in [2.75, 3.05) is 13.2 Å². The number of rotatable bonds is 8. The number of epoxide rings is 2. The number of ether oxygens (including phenoxy) is 4. The molecule has 2 atom stereocenters. The minimum absolute atomic E-state index is 0.127. The van der Waals surface area contributed by atoms with Crippen molar-refractivity contribution in [2.24, 2.45) is 5.41 Å². The van der Waals surface area contributed by atoms with Gasteiger partial charge in [0.15, 0.2) is 0 Å². The van der Waals surface area contributed by atoms with Gasteiger partial charge in [-0.1, -0.05) is 37.1 Å². The minimum Gasteiger partial charge on any atom is -0.449 e. The van der Waals surface area contributed by atoms with Gasteiger partial charge in [-0.05, 0) is 66.5 Å². The van der Waals surface area contributed by atoms with Gasteiger partial charge in [0.05, 0.1) is 25.4 Å². The van der Waals surface area contributed by atoms with E-state index >= 15 is 0 Å². The largest absolute Gasteiger partial charge is 0.511 e. The summed E-state index contributed by atoms with van der Waals surface area (Å²) < 4.78 is 21.1. The van der Waals surface area contributed by atoms with Crippen LogP contribution in [-0.2, 0) is 14.9 Å². The van der Waals surface area contributed by atoms with E-state index in [-0.39, 0.29) is 34.5 Å². The van der Waals surface area contributed by atoms with E-state index in [9.17, 15) is 9.59 Å². The van der Waals surface area contributed by atoms with Crippen molar-refractivity contribution in [3.63, 3.8) is 0 Å². The second-order valence-electron chi connectivity index (χ2n) is 9.50. The van der Waals surface area contributed by atoms with E-state index in [4.69, 9.17) is 29.2 Å². The molecular formula is C26H28O8. The third-order valence-corrected chi connectivity index (χ3v) is 7.51. The van der Waals surface area contributed by atoms with Crippen LogP contribution >= 0.6 is 0 Å². The second kappa shape index (κ2) is 8.92. The van der Waals surface area contributed by atoms with E-state index in [1.54, 1.807) is 24.3 Å². The van der Waals surface area contributed by atoms with Gasteiger partial charge in [-0.2, -0.15) is 0 Å². The summed E-state index contributed by atoms with van der Waals surface area (Å²) in [5, 5.41) is 18.0. The van der Waals surface area contributed by atoms with Crippen molar-refractivity contribution in [1.29, 1.82) is 0 Å². The molecule has 2 saturated heterocycles.